The Hall–Kier alpha value is -2.52. The Morgan fingerprint density at radius 2 is 1.71 bits per heavy atom. The van der Waals surface area contributed by atoms with Crippen LogP contribution >= 0.6 is 0 Å². The number of phenols is 1. The smallest absolute Gasteiger partial charge is 0.261 e. The van der Waals surface area contributed by atoms with Gasteiger partial charge in [-0.2, -0.15) is 5.26 Å². The van der Waals surface area contributed by atoms with Crippen LogP contribution in [-0.2, 0) is 10.0 Å². The number of aryl methyl sites for hydroxylation is 2. The molecule has 2 rings (SSSR count). The van der Waals surface area contributed by atoms with Crippen molar-refractivity contribution in [3.8, 4) is 11.8 Å². The Morgan fingerprint density at radius 3 is 2.29 bits per heavy atom. The third-order valence-corrected chi connectivity index (χ3v) is 4.46. The van der Waals surface area contributed by atoms with Gasteiger partial charge < -0.3 is 5.11 Å². The molecule has 108 valence electrons. The van der Waals surface area contributed by atoms with E-state index in [0.717, 1.165) is 0 Å². The first-order valence-corrected chi connectivity index (χ1v) is 7.65. The van der Waals surface area contributed by atoms with Gasteiger partial charge in [0.1, 0.15) is 5.75 Å². The quantitative estimate of drug-likeness (QED) is 0.853. The molecule has 0 amide bonds. The first-order valence-electron chi connectivity index (χ1n) is 6.16. The average molecular weight is 302 g/mol. The van der Waals surface area contributed by atoms with Crippen molar-refractivity contribution in [1.29, 1.82) is 5.26 Å². The lowest BCUT2D eigenvalue weighted by Gasteiger charge is -2.12. The van der Waals surface area contributed by atoms with Crippen molar-refractivity contribution < 1.29 is 13.5 Å². The minimum Gasteiger partial charge on any atom is -0.508 e. The Labute approximate surface area is 123 Å². The maximum atomic E-state index is 12.3. The summed E-state index contributed by atoms with van der Waals surface area (Å²) >= 11 is 0. The van der Waals surface area contributed by atoms with Gasteiger partial charge in [-0.1, -0.05) is 0 Å². The summed E-state index contributed by atoms with van der Waals surface area (Å²) in [7, 11) is -3.73. The van der Waals surface area contributed by atoms with Gasteiger partial charge in [-0.05, 0) is 61.4 Å². The summed E-state index contributed by atoms with van der Waals surface area (Å²) in [5, 5.41) is 18.3. The molecule has 2 aromatic carbocycles. The zero-order valence-corrected chi connectivity index (χ0v) is 12.4. The monoisotopic (exact) mass is 302 g/mol. The lowest BCUT2D eigenvalue weighted by atomic mass is 10.1. The zero-order valence-electron chi connectivity index (χ0n) is 11.6. The molecule has 0 radical (unpaired) electrons. The number of aromatic hydroxyl groups is 1. The third kappa shape index (κ3) is 3.15. The van der Waals surface area contributed by atoms with Crippen LogP contribution in [0.25, 0.3) is 0 Å². The molecule has 0 fully saturated rings. The topological polar surface area (TPSA) is 90.2 Å². The summed E-state index contributed by atoms with van der Waals surface area (Å²) < 4.78 is 27.1. The van der Waals surface area contributed by atoms with E-state index in [0.29, 0.717) is 22.4 Å². The summed E-state index contributed by atoms with van der Waals surface area (Å²) in [6.45, 7) is 3.39. The van der Waals surface area contributed by atoms with E-state index < -0.39 is 10.0 Å². The molecule has 5 nitrogen and oxygen atoms in total. The average Bonchev–Trinajstić information content (AvgIpc) is 2.44. The van der Waals surface area contributed by atoms with Gasteiger partial charge in [0.2, 0.25) is 0 Å². The summed E-state index contributed by atoms with van der Waals surface area (Å²) in [5.41, 5.74) is 2.01. The molecular formula is C15H14N2O3S. The maximum Gasteiger partial charge on any atom is 0.261 e. The molecule has 0 saturated carbocycles. The third-order valence-electron chi connectivity index (χ3n) is 3.08. The van der Waals surface area contributed by atoms with Crippen LogP contribution in [-0.4, -0.2) is 13.5 Å². The molecule has 0 aliphatic rings. The van der Waals surface area contributed by atoms with E-state index in [1.807, 2.05) is 6.07 Å². The fourth-order valence-corrected chi connectivity index (χ4v) is 2.94. The van der Waals surface area contributed by atoms with Gasteiger partial charge in [-0.3, -0.25) is 4.72 Å². The predicted octanol–water partition coefficient (Wildman–Crippen LogP) is 2.68. The van der Waals surface area contributed by atoms with Crippen molar-refractivity contribution in [2.45, 2.75) is 18.7 Å². The van der Waals surface area contributed by atoms with Gasteiger partial charge in [0, 0.05) is 0 Å². The summed E-state index contributed by atoms with van der Waals surface area (Å²) in [4.78, 5) is 0.0756. The number of benzene rings is 2. The number of nitrogens with one attached hydrogen (secondary N) is 1. The van der Waals surface area contributed by atoms with Crippen molar-refractivity contribution in [2.24, 2.45) is 0 Å². The van der Waals surface area contributed by atoms with Crippen LogP contribution in [0.4, 0.5) is 5.69 Å². The van der Waals surface area contributed by atoms with E-state index in [1.165, 1.54) is 30.3 Å². The molecule has 2 N–H and O–H groups in total. The van der Waals surface area contributed by atoms with Gasteiger partial charge in [0.05, 0.1) is 22.2 Å². The van der Waals surface area contributed by atoms with Gasteiger partial charge in [-0.15, -0.1) is 0 Å². The van der Waals surface area contributed by atoms with Gasteiger partial charge >= 0.3 is 0 Å². The van der Waals surface area contributed by atoms with Gasteiger partial charge in [-0.25, -0.2) is 8.42 Å². The SMILES string of the molecule is Cc1cc(NS(=O)(=O)c2ccc(C#N)cc2)c(C)cc1O. The van der Waals surface area contributed by atoms with Crippen LogP contribution < -0.4 is 4.72 Å². The van der Waals surface area contributed by atoms with Crippen LogP contribution in [0.15, 0.2) is 41.3 Å². The summed E-state index contributed by atoms with van der Waals surface area (Å²) in [6.07, 6.45) is 0. The molecule has 0 aliphatic heterocycles. The Bertz CT molecular complexity index is 819. The highest BCUT2D eigenvalue weighted by Crippen LogP contribution is 2.27. The summed E-state index contributed by atoms with van der Waals surface area (Å²) in [5.74, 6) is 0.119. The summed E-state index contributed by atoms with van der Waals surface area (Å²) in [6, 6.07) is 10.7. The molecule has 0 atom stereocenters. The van der Waals surface area contributed by atoms with Crippen LogP contribution in [0.1, 0.15) is 16.7 Å². The fourth-order valence-electron chi connectivity index (χ4n) is 1.82. The van der Waals surface area contributed by atoms with Crippen molar-refractivity contribution >= 4 is 15.7 Å². The van der Waals surface area contributed by atoms with Crippen LogP contribution in [0.3, 0.4) is 0 Å². The second-order valence-corrected chi connectivity index (χ2v) is 6.38. The van der Waals surface area contributed by atoms with E-state index in [2.05, 4.69) is 4.72 Å². The molecule has 0 heterocycles. The second-order valence-electron chi connectivity index (χ2n) is 4.70. The first kappa shape index (κ1) is 14.9. The first-order chi connectivity index (χ1) is 9.83. The van der Waals surface area contributed by atoms with Crippen LogP contribution in [0, 0.1) is 25.2 Å². The van der Waals surface area contributed by atoms with Gasteiger partial charge in [0.25, 0.3) is 10.0 Å². The van der Waals surface area contributed by atoms with Crippen molar-refractivity contribution in [3.63, 3.8) is 0 Å². The van der Waals surface area contributed by atoms with Crippen LogP contribution in [0.5, 0.6) is 5.75 Å². The lowest BCUT2D eigenvalue weighted by Crippen LogP contribution is -2.13. The molecular weight excluding hydrogens is 288 g/mol. The molecule has 0 aromatic heterocycles. The molecule has 6 heteroatoms. The molecule has 21 heavy (non-hydrogen) atoms. The normalized spacial score (nSPS) is 10.9. The van der Waals surface area contributed by atoms with Crippen molar-refractivity contribution in [3.05, 3.63) is 53.1 Å². The number of hydrogen-bond acceptors (Lipinski definition) is 4. The standard InChI is InChI=1S/C15H14N2O3S/c1-10-8-15(18)11(2)7-14(10)17-21(19,20)13-5-3-12(9-16)4-6-13/h3-8,17-18H,1-2H3. The van der Waals surface area contributed by atoms with Crippen molar-refractivity contribution in [2.75, 3.05) is 4.72 Å². The highest BCUT2D eigenvalue weighted by Gasteiger charge is 2.16. The number of hydrogen-bond donors (Lipinski definition) is 2. The number of phenolic OH excluding ortho intramolecular Hbond substituents is 1. The largest absolute Gasteiger partial charge is 0.508 e. The van der Waals surface area contributed by atoms with E-state index >= 15 is 0 Å². The van der Waals surface area contributed by atoms with Crippen molar-refractivity contribution in [1.82, 2.24) is 0 Å². The number of sulfonamides is 1. The second kappa shape index (κ2) is 5.46. The zero-order chi connectivity index (χ0) is 15.6. The maximum absolute atomic E-state index is 12.3. The fraction of sp³-hybridized carbons (Fsp3) is 0.133. The Balaban J connectivity index is 2.37. The van der Waals surface area contributed by atoms with E-state index in [4.69, 9.17) is 5.26 Å². The number of rotatable bonds is 3. The van der Waals surface area contributed by atoms with E-state index in [1.54, 1.807) is 19.9 Å². The highest BCUT2D eigenvalue weighted by atomic mass is 32.2. The Kier molecular flexibility index (Phi) is 3.87. The predicted molar refractivity (Wildman–Crippen MR) is 79.5 cm³/mol. The number of anilines is 1. The number of nitriles is 1. The highest BCUT2D eigenvalue weighted by molar-refractivity contribution is 7.92. The Morgan fingerprint density at radius 1 is 1.10 bits per heavy atom. The molecule has 0 unspecified atom stereocenters. The lowest BCUT2D eigenvalue weighted by molar-refractivity contribution is 0.471. The number of nitrogens with zero attached hydrogens (tertiary/aromatic N) is 1. The molecule has 0 saturated heterocycles. The minimum atomic E-state index is -3.73. The van der Waals surface area contributed by atoms with Gasteiger partial charge in [0.15, 0.2) is 0 Å². The molecule has 0 spiro atoms. The minimum absolute atomic E-state index is 0.0756. The molecule has 0 bridgehead atoms. The van der Waals surface area contributed by atoms with E-state index in [-0.39, 0.29) is 10.6 Å². The molecule has 2 aromatic rings. The molecule has 0 aliphatic carbocycles. The van der Waals surface area contributed by atoms with E-state index in [9.17, 15) is 13.5 Å². The van der Waals surface area contributed by atoms with Crippen LogP contribution in [0.2, 0.25) is 0 Å².